The summed E-state index contributed by atoms with van der Waals surface area (Å²) in [5.74, 6) is 0.661. The summed E-state index contributed by atoms with van der Waals surface area (Å²) in [4.78, 5) is 19.2. The fraction of sp³-hybridized carbons (Fsp3) is 0.444. The lowest BCUT2D eigenvalue weighted by Gasteiger charge is -2.35. The number of carbonyl (C=O) groups is 1. The van der Waals surface area contributed by atoms with Crippen molar-refractivity contribution in [2.45, 2.75) is 33.0 Å². The molecule has 0 spiro atoms. The van der Waals surface area contributed by atoms with Gasteiger partial charge in [0.15, 0.2) is 5.17 Å². The Balaban J connectivity index is 1.70. The van der Waals surface area contributed by atoms with E-state index in [9.17, 15) is 4.79 Å². The normalized spacial score (nSPS) is 26.0. The zero-order chi connectivity index (χ0) is 17.1. The molecule has 1 fully saturated rings. The first-order valence-electron chi connectivity index (χ1n) is 8.21. The molecule has 6 heteroatoms. The van der Waals surface area contributed by atoms with Crippen LogP contribution < -0.4 is 4.74 Å². The summed E-state index contributed by atoms with van der Waals surface area (Å²) in [7, 11) is 0. The molecular formula is C18H22N2O3S. The number of aliphatic imine (C=N–C) groups is 1. The van der Waals surface area contributed by atoms with E-state index in [1.807, 2.05) is 51.1 Å². The molecule has 0 N–H and O–H groups in total. The van der Waals surface area contributed by atoms with E-state index in [1.165, 1.54) is 11.8 Å². The summed E-state index contributed by atoms with van der Waals surface area (Å²) in [6, 6.07) is 7.71. The summed E-state index contributed by atoms with van der Waals surface area (Å²) in [5, 5.41) is 0.777. The van der Waals surface area contributed by atoms with Crippen molar-refractivity contribution in [3.05, 3.63) is 34.7 Å². The molecule has 1 saturated heterocycles. The van der Waals surface area contributed by atoms with Crippen LogP contribution in [0.2, 0.25) is 0 Å². The van der Waals surface area contributed by atoms with Crippen LogP contribution in [-0.2, 0) is 9.53 Å². The van der Waals surface area contributed by atoms with E-state index in [-0.39, 0.29) is 18.1 Å². The van der Waals surface area contributed by atoms with Crippen molar-refractivity contribution in [3.63, 3.8) is 0 Å². The molecule has 0 aliphatic carbocycles. The topological polar surface area (TPSA) is 51.1 Å². The van der Waals surface area contributed by atoms with Crippen LogP contribution in [0.3, 0.4) is 0 Å². The quantitative estimate of drug-likeness (QED) is 0.787. The smallest absolute Gasteiger partial charge is 0.286 e. The van der Waals surface area contributed by atoms with Gasteiger partial charge in [-0.2, -0.15) is 4.99 Å². The van der Waals surface area contributed by atoms with Gasteiger partial charge in [0.2, 0.25) is 0 Å². The van der Waals surface area contributed by atoms with Gasteiger partial charge >= 0.3 is 0 Å². The highest BCUT2D eigenvalue weighted by molar-refractivity contribution is 8.18. The first-order chi connectivity index (χ1) is 11.5. The van der Waals surface area contributed by atoms with E-state index in [4.69, 9.17) is 9.47 Å². The number of thioether (sulfide) groups is 1. The highest BCUT2D eigenvalue weighted by Gasteiger charge is 2.30. The first-order valence-corrected chi connectivity index (χ1v) is 9.02. The summed E-state index contributed by atoms with van der Waals surface area (Å²) >= 11 is 1.44. The molecule has 24 heavy (non-hydrogen) atoms. The minimum absolute atomic E-state index is 0.145. The minimum atomic E-state index is -0.171. The molecule has 2 heterocycles. The fourth-order valence-electron chi connectivity index (χ4n) is 2.85. The Morgan fingerprint density at radius 1 is 1.29 bits per heavy atom. The fourth-order valence-corrected chi connectivity index (χ4v) is 3.78. The molecule has 1 aromatic carbocycles. The third-order valence-corrected chi connectivity index (χ3v) is 4.83. The largest absolute Gasteiger partial charge is 0.494 e. The van der Waals surface area contributed by atoms with Gasteiger partial charge in [-0.05, 0) is 56.3 Å². The van der Waals surface area contributed by atoms with E-state index in [0.717, 1.165) is 29.6 Å². The molecule has 2 aliphatic rings. The van der Waals surface area contributed by atoms with Crippen molar-refractivity contribution in [1.82, 2.24) is 4.90 Å². The van der Waals surface area contributed by atoms with Crippen LogP contribution in [0.25, 0.3) is 6.08 Å². The summed E-state index contributed by atoms with van der Waals surface area (Å²) in [6.07, 6.45) is 2.17. The number of nitrogens with zero attached hydrogens (tertiary/aromatic N) is 2. The molecule has 0 aromatic heterocycles. The Morgan fingerprint density at radius 3 is 2.58 bits per heavy atom. The van der Waals surface area contributed by atoms with Gasteiger partial charge in [-0.1, -0.05) is 12.1 Å². The van der Waals surface area contributed by atoms with Crippen molar-refractivity contribution < 1.29 is 14.3 Å². The maximum Gasteiger partial charge on any atom is 0.286 e. The molecular weight excluding hydrogens is 324 g/mol. The Labute approximate surface area is 146 Å². The van der Waals surface area contributed by atoms with E-state index < -0.39 is 0 Å². The second-order valence-corrected chi connectivity index (χ2v) is 6.98. The number of hydrogen-bond acceptors (Lipinski definition) is 5. The zero-order valence-corrected chi connectivity index (χ0v) is 15.0. The molecule has 1 aromatic rings. The second-order valence-electron chi connectivity index (χ2n) is 5.97. The Kier molecular flexibility index (Phi) is 5.26. The standard InChI is InChI=1S/C18H22N2O3S/c1-4-22-15-7-5-14(6-8-15)9-16-17(21)19-18(24-16)20-10-12(2)23-13(3)11-20/h5-9,12-13H,4,10-11H2,1-3H3/b16-9+. The highest BCUT2D eigenvalue weighted by atomic mass is 32.2. The number of amides is 1. The van der Waals surface area contributed by atoms with E-state index in [1.54, 1.807) is 0 Å². The molecule has 3 rings (SSSR count). The molecule has 0 bridgehead atoms. The lowest BCUT2D eigenvalue weighted by Crippen LogP contribution is -2.47. The monoisotopic (exact) mass is 346 g/mol. The van der Waals surface area contributed by atoms with Gasteiger partial charge in [0, 0.05) is 13.1 Å². The predicted octanol–water partition coefficient (Wildman–Crippen LogP) is 3.16. The van der Waals surface area contributed by atoms with Crippen molar-refractivity contribution in [3.8, 4) is 5.75 Å². The number of carbonyl (C=O) groups excluding carboxylic acids is 1. The molecule has 1 amide bonds. The van der Waals surface area contributed by atoms with E-state index in [0.29, 0.717) is 11.5 Å². The third kappa shape index (κ3) is 3.99. The van der Waals surface area contributed by atoms with Crippen LogP contribution in [0, 0.1) is 0 Å². The van der Waals surface area contributed by atoms with Gasteiger partial charge in [0.25, 0.3) is 5.91 Å². The molecule has 5 nitrogen and oxygen atoms in total. The van der Waals surface area contributed by atoms with Crippen LogP contribution >= 0.6 is 11.8 Å². The van der Waals surface area contributed by atoms with Gasteiger partial charge < -0.3 is 14.4 Å². The minimum Gasteiger partial charge on any atom is -0.494 e. The average Bonchev–Trinajstić information content (AvgIpc) is 2.90. The lowest BCUT2D eigenvalue weighted by atomic mass is 10.2. The maximum atomic E-state index is 12.2. The Bertz CT molecular complexity index is 659. The van der Waals surface area contributed by atoms with Crippen molar-refractivity contribution >= 4 is 28.9 Å². The summed E-state index contributed by atoms with van der Waals surface area (Å²) in [6.45, 7) is 8.21. The van der Waals surface area contributed by atoms with Crippen LogP contribution in [0.5, 0.6) is 5.75 Å². The Hall–Kier alpha value is -1.79. The van der Waals surface area contributed by atoms with Gasteiger partial charge in [-0.25, -0.2) is 0 Å². The number of benzene rings is 1. The van der Waals surface area contributed by atoms with Gasteiger partial charge in [-0.3, -0.25) is 4.79 Å². The highest BCUT2D eigenvalue weighted by Crippen LogP contribution is 2.31. The molecule has 0 radical (unpaired) electrons. The van der Waals surface area contributed by atoms with E-state index >= 15 is 0 Å². The number of ether oxygens (including phenoxy) is 2. The third-order valence-electron chi connectivity index (χ3n) is 3.79. The summed E-state index contributed by atoms with van der Waals surface area (Å²) < 4.78 is 11.2. The van der Waals surface area contributed by atoms with Crippen molar-refractivity contribution in [2.24, 2.45) is 4.99 Å². The first kappa shape index (κ1) is 17.0. The maximum absolute atomic E-state index is 12.2. The van der Waals surface area contributed by atoms with Crippen molar-refractivity contribution in [2.75, 3.05) is 19.7 Å². The van der Waals surface area contributed by atoms with Gasteiger partial charge in [-0.15, -0.1) is 0 Å². The van der Waals surface area contributed by atoms with Crippen LogP contribution in [-0.4, -0.2) is 47.9 Å². The number of morpholine rings is 1. The molecule has 2 unspecified atom stereocenters. The SMILES string of the molecule is CCOc1ccc(/C=C2/SC(N3CC(C)OC(C)C3)=NC2=O)cc1. The van der Waals surface area contributed by atoms with Gasteiger partial charge in [0.1, 0.15) is 5.75 Å². The molecule has 2 atom stereocenters. The van der Waals surface area contributed by atoms with Crippen LogP contribution in [0.15, 0.2) is 34.2 Å². The predicted molar refractivity (Wildman–Crippen MR) is 97.2 cm³/mol. The van der Waals surface area contributed by atoms with Gasteiger partial charge in [0.05, 0.1) is 23.7 Å². The second kappa shape index (κ2) is 7.40. The lowest BCUT2D eigenvalue weighted by molar-refractivity contribution is -0.113. The zero-order valence-electron chi connectivity index (χ0n) is 14.2. The summed E-state index contributed by atoms with van der Waals surface area (Å²) in [5.41, 5.74) is 0.967. The average molecular weight is 346 g/mol. The number of amidine groups is 1. The molecule has 128 valence electrons. The van der Waals surface area contributed by atoms with E-state index in [2.05, 4.69) is 9.89 Å². The van der Waals surface area contributed by atoms with Crippen molar-refractivity contribution in [1.29, 1.82) is 0 Å². The number of rotatable bonds is 3. The molecule has 0 saturated carbocycles. The molecule has 2 aliphatic heterocycles. The number of hydrogen-bond donors (Lipinski definition) is 0. The Morgan fingerprint density at radius 2 is 1.96 bits per heavy atom. The van der Waals surface area contributed by atoms with Crippen LogP contribution in [0.1, 0.15) is 26.3 Å². The van der Waals surface area contributed by atoms with Crippen LogP contribution in [0.4, 0.5) is 0 Å².